The number of aromatic nitrogens is 3. The van der Waals surface area contributed by atoms with Crippen LogP contribution in [0.4, 0.5) is 13.2 Å². The van der Waals surface area contributed by atoms with Gasteiger partial charge in [-0.2, -0.15) is 4.31 Å². The van der Waals surface area contributed by atoms with Gasteiger partial charge in [0.25, 0.3) is 21.1 Å². The lowest BCUT2D eigenvalue weighted by Crippen LogP contribution is -2.63. The minimum absolute atomic E-state index is 0.0949. The predicted octanol–water partition coefficient (Wildman–Crippen LogP) is 2.62. The van der Waals surface area contributed by atoms with Gasteiger partial charge in [0.05, 0.1) is 10.6 Å². The number of benzene rings is 1. The minimum Gasteiger partial charge on any atom is -0.350 e. The van der Waals surface area contributed by atoms with Gasteiger partial charge in [-0.3, -0.25) is 14.4 Å². The SMILES string of the molecule is Cn1cnc(S(=O)(=O)N2CCN(C3(CNC(=O)c4ccc(CF)cc4Cl)CCC(F)(F)CC3)CC2)n1. The van der Waals surface area contributed by atoms with Gasteiger partial charge in [0.15, 0.2) is 0 Å². The van der Waals surface area contributed by atoms with Crippen molar-refractivity contribution in [2.75, 3.05) is 32.7 Å². The summed E-state index contributed by atoms with van der Waals surface area (Å²) in [6.07, 6.45) is 0.934. The first-order valence-electron chi connectivity index (χ1n) is 11.6. The highest BCUT2D eigenvalue weighted by atomic mass is 35.5. The van der Waals surface area contributed by atoms with Crippen LogP contribution in [0.5, 0.6) is 0 Å². The Morgan fingerprint density at radius 2 is 1.81 bits per heavy atom. The lowest BCUT2D eigenvalue weighted by molar-refractivity contribution is -0.0856. The van der Waals surface area contributed by atoms with E-state index in [-0.39, 0.29) is 61.1 Å². The van der Waals surface area contributed by atoms with E-state index in [0.717, 1.165) is 0 Å². The second-order valence-electron chi connectivity index (χ2n) is 9.30. The monoisotopic (exact) mass is 548 g/mol. The summed E-state index contributed by atoms with van der Waals surface area (Å²) in [5, 5.41) is 6.54. The Morgan fingerprint density at radius 3 is 2.36 bits per heavy atom. The summed E-state index contributed by atoms with van der Waals surface area (Å²) in [5.41, 5.74) is -0.248. The lowest BCUT2D eigenvalue weighted by Gasteiger charge is -2.50. The standard InChI is InChI=1S/C22H28ClF3N6O3S/c1-30-15-28-20(29-30)36(34,35)32-10-8-31(9-11-32)21(4-6-22(25,26)7-5-21)14-27-19(33)17-3-2-16(13-24)12-18(17)23/h2-3,12,15H,4-11,13-14H2,1H3,(H,27,33). The van der Waals surface area contributed by atoms with Crippen molar-refractivity contribution >= 4 is 27.5 Å². The van der Waals surface area contributed by atoms with Gasteiger partial charge >= 0.3 is 0 Å². The Hall–Kier alpha value is -2.22. The molecule has 1 aliphatic heterocycles. The largest absolute Gasteiger partial charge is 0.350 e. The number of rotatable bonds is 7. The number of aryl methyl sites for hydroxylation is 1. The van der Waals surface area contributed by atoms with Crippen LogP contribution in [0.25, 0.3) is 0 Å². The molecule has 4 rings (SSSR count). The maximum absolute atomic E-state index is 14.1. The summed E-state index contributed by atoms with van der Waals surface area (Å²) < 4.78 is 69.3. The highest BCUT2D eigenvalue weighted by Gasteiger charge is 2.48. The average Bonchev–Trinajstić information content (AvgIpc) is 3.30. The van der Waals surface area contributed by atoms with Gasteiger partial charge in [0.2, 0.25) is 5.92 Å². The Balaban J connectivity index is 1.47. The molecule has 1 N–H and O–H groups in total. The van der Waals surface area contributed by atoms with Crippen LogP contribution in [0.2, 0.25) is 5.02 Å². The van der Waals surface area contributed by atoms with E-state index in [0.29, 0.717) is 18.7 Å². The molecule has 2 heterocycles. The van der Waals surface area contributed by atoms with E-state index in [1.54, 1.807) is 7.05 Å². The minimum atomic E-state index is -3.87. The van der Waals surface area contributed by atoms with Gasteiger partial charge in [0.1, 0.15) is 13.0 Å². The summed E-state index contributed by atoms with van der Waals surface area (Å²) >= 11 is 6.14. The Labute approximate surface area is 212 Å². The summed E-state index contributed by atoms with van der Waals surface area (Å²) in [7, 11) is -2.30. The lowest BCUT2D eigenvalue weighted by atomic mass is 9.78. The number of halogens is 4. The average molecular weight is 549 g/mol. The molecule has 1 saturated heterocycles. The van der Waals surface area contributed by atoms with E-state index in [9.17, 15) is 26.4 Å². The summed E-state index contributed by atoms with van der Waals surface area (Å²) in [6.45, 7) is 0.278. The molecule has 0 spiro atoms. The molecular weight excluding hydrogens is 521 g/mol. The molecule has 0 radical (unpaired) electrons. The molecule has 198 valence electrons. The van der Waals surface area contributed by atoms with Crippen molar-refractivity contribution in [1.82, 2.24) is 29.3 Å². The number of nitrogens with zero attached hydrogens (tertiary/aromatic N) is 5. The molecule has 2 aromatic rings. The van der Waals surface area contributed by atoms with E-state index < -0.39 is 34.1 Å². The van der Waals surface area contributed by atoms with E-state index in [1.165, 1.54) is 33.5 Å². The van der Waals surface area contributed by atoms with Crippen molar-refractivity contribution in [2.24, 2.45) is 7.05 Å². The molecule has 14 heteroatoms. The topological polar surface area (TPSA) is 100 Å². The molecule has 9 nitrogen and oxygen atoms in total. The third-order valence-corrected chi connectivity index (χ3v) is 8.99. The molecule has 1 aliphatic carbocycles. The number of carbonyl (C=O) groups is 1. The maximum Gasteiger partial charge on any atom is 0.282 e. The normalized spacial score (nSPS) is 20.8. The first kappa shape index (κ1) is 26.8. The fourth-order valence-corrected chi connectivity index (χ4v) is 6.38. The first-order valence-corrected chi connectivity index (χ1v) is 13.4. The molecule has 1 aromatic heterocycles. The van der Waals surface area contributed by atoms with Crippen molar-refractivity contribution < 1.29 is 26.4 Å². The number of carbonyl (C=O) groups excluding carboxylic acids is 1. The number of piperazine rings is 1. The van der Waals surface area contributed by atoms with Crippen molar-refractivity contribution in [2.45, 2.75) is 49.0 Å². The second-order valence-corrected chi connectivity index (χ2v) is 11.5. The van der Waals surface area contributed by atoms with Gasteiger partial charge in [-0.05, 0) is 30.5 Å². The van der Waals surface area contributed by atoms with Crippen LogP contribution < -0.4 is 5.32 Å². The van der Waals surface area contributed by atoms with Gasteiger partial charge in [-0.15, -0.1) is 5.10 Å². The molecule has 0 unspecified atom stereocenters. The van der Waals surface area contributed by atoms with E-state index in [2.05, 4.69) is 15.4 Å². The van der Waals surface area contributed by atoms with Gasteiger partial charge in [-0.1, -0.05) is 17.7 Å². The molecule has 2 fully saturated rings. The zero-order valence-electron chi connectivity index (χ0n) is 19.8. The zero-order valence-corrected chi connectivity index (χ0v) is 21.3. The Kier molecular flexibility index (Phi) is 7.65. The molecule has 1 aromatic carbocycles. The van der Waals surface area contributed by atoms with Crippen LogP contribution in [0.3, 0.4) is 0 Å². The number of alkyl halides is 3. The molecule has 1 saturated carbocycles. The highest BCUT2D eigenvalue weighted by molar-refractivity contribution is 7.88. The van der Waals surface area contributed by atoms with Crippen LogP contribution >= 0.6 is 11.6 Å². The third kappa shape index (κ3) is 5.53. The molecule has 1 amide bonds. The van der Waals surface area contributed by atoms with Crippen LogP contribution in [0.1, 0.15) is 41.6 Å². The molecule has 2 aliphatic rings. The smallest absolute Gasteiger partial charge is 0.282 e. The van der Waals surface area contributed by atoms with Gasteiger partial charge in [0, 0.05) is 58.2 Å². The van der Waals surface area contributed by atoms with Crippen LogP contribution in [-0.2, 0) is 23.7 Å². The van der Waals surface area contributed by atoms with Gasteiger partial charge < -0.3 is 5.32 Å². The van der Waals surface area contributed by atoms with Crippen molar-refractivity contribution in [3.05, 3.63) is 40.7 Å². The van der Waals surface area contributed by atoms with Crippen LogP contribution in [0.15, 0.2) is 29.7 Å². The molecule has 36 heavy (non-hydrogen) atoms. The quantitative estimate of drug-likeness (QED) is 0.571. The maximum atomic E-state index is 14.1. The van der Waals surface area contributed by atoms with Crippen LogP contribution in [0, 0.1) is 0 Å². The zero-order chi connectivity index (χ0) is 26.1. The van der Waals surface area contributed by atoms with Crippen molar-refractivity contribution in [3.63, 3.8) is 0 Å². The summed E-state index contributed by atoms with van der Waals surface area (Å²) in [4.78, 5) is 18.7. The number of amides is 1. The van der Waals surface area contributed by atoms with Gasteiger partial charge in [-0.25, -0.2) is 26.6 Å². The number of hydrogen-bond acceptors (Lipinski definition) is 6. The Bertz CT molecular complexity index is 1210. The summed E-state index contributed by atoms with van der Waals surface area (Å²) in [5.74, 6) is -3.26. The third-order valence-electron chi connectivity index (χ3n) is 6.98. The number of hydrogen-bond donors (Lipinski definition) is 1. The van der Waals surface area contributed by atoms with Crippen LogP contribution in [-0.4, -0.2) is 82.5 Å². The Morgan fingerprint density at radius 1 is 1.14 bits per heavy atom. The molecule has 0 atom stereocenters. The fourth-order valence-electron chi connectivity index (χ4n) is 4.81. The molecule has 0 bridgehead atoms. The van der Waals surface area contributed by atoms with Crippen molar-refractivity contribution in [3.8, 4) is 0 Å². The van der Waals surface area contributed by atoms with E-state index in [4.69, 9.17) is 11.6 Å². The summed E-state index contributed by atoms with van der Waals surface area (Å²) in [6, 6.07) is 4.28. The first-order chi connectivity index (χ1) is 17.0. The highest BCUT2D eigenvalue weighted by Crippen LogP contribution is 2.42. The molecular formula is C22H28ClF3N6O3S. The predicted molar refractivity (Wildman–Crippen MR) is 126 cm³/mol. The van der Waals surface area contributed by atoms with E-state index >= 15 is 0 Å². The number of sulfonamides is 1. The fraction of sp³-hybridized carbons (Fsp3) is 0.591. The van der Waals surface area contributed by atoms with E-state index in [1.807, 2.05) is 4.90 Å². The van der Waals surface area contributed by atoms with Crippen molar-refractivity contribution in [1.29, 1.82) is 0 Å². The second kappa shape index (κ2) is 10.3. The number of nitrogens with one attached hydrogen (secondary N) is 1.